The molecule has 6 aliphatic rings. The van der Waals surface area contributed by atoms with Crippen molar-refractivity contribution in [1.29, 1.82) is 0 Å². The third-order valence-corrected chi connectivity index (χ3v) is 25.7. The van der Waals surface area contributed by atoms with E-state index in [1.54, 1.807) is 84.9 Å². The lowest BCUT2D eigenvalue weighted by Crippen LogP contribution is -2.47. The Morgan fingerprint density at radius 2 is 0.773 bits per heavy atom. The monoisotopic (exact) mass is 1830 g/mol. The normalized spacial score (nSPS) is 29.5. The Morgan fingerprint density at radius 3 is 1.12 bits per heavy atom. The number of unbranched alkanes of at least 4 members (excludes halogenated alkanes) is 2. The Kier molecular flexibility index (Phi) is 30.6. The van der Waals surface area contributed by atoms with Crippen LogP contribution in [0.15, 0.2) is 153 Å². The van der Waals surface area contributed by atoms with Crippen LogP contribution in [0.25, 0.3) is 21.5 Å². The number of carbonyl (C=O) groups excluding carboxylic acids is 2. The highest BCUT2D eigenvalue weighted by atomic mass is 31.2. The molecule has 8 aromatic rings. The van der Waals surface area contributed by atoms with E-state index < -0.39 is 194 Å². The fourth-order valence-corrected chi connectivity index (χ4v) is 19.3. The van der Waals surface area contributed by atoms with E-state index in [1.165, 1.54) is 99.7 Å². The van der Waals surface area contributed by atoms with Crippen molar-refractivity contribution >= 4 is 72.2 Å². The molecule has 2 unspecified atom stereocenters. The third kappa shape index (κ3) is 21.8. The van der Waals surface area contributed by atoms with Crippen LogP contribution in [0.3, 0.4) is 0 Å². The number of fused-ring (bicyclic) bond motifs is 4. The summed E-state index contributed by atoms with van der Waals surface area (Å²) in [6.45, 7) is 26.8. The first-order chi connectivity index (χ1) is 60.0. The molecule has 0 radical (unpaired) electrons. The maximum Gasteiger partial charge on any atom is 0.459 e. The smallest absolute Gasteiger partial charge is 0.459 e. The second-order valence-corrected chi connectivity index (χ2v) is 37.0. The summed E-state index contributed by atoms with van der Waals surface area (Å²) in [5.74, 6) is -2.40. The minimum Gasteiger partial charge on any atom is -0.465 e. The van der Waals surface area contributed by atoms with Crippen molar-refractivity contribution in [2.45, 2.75) is 281 Å². The van der Waals surface area contributed by atoms with Crippen molar-refractivity contribution in [3.63, 3.8) is 0 Å². The highest BCUT2D eigenvalue weighted by molar-refractivity contribution is 7.52. The van der Waals surface area contributed by atoms with Gasteiger partial charge in [-0.15, -0.1) is 0 Å². The van der Waals surface area contributed by atoms with E-state index in [0.717, 1.165) is 32.7 Å². The van der Waals surface area contributed by atoms with E-state index in [-0.39, 0.29) is 42.2 Å². The Balaban J connectivity index is 0.000000175. The molecule has 10 heterocycles. The Bertz CT molecular complexity index is 5600. The topological polar surface area (TPSA) is 587 Å². The lowest BCUT2D eigenvalue weighted by atomic mass is 9.94. The molecule has 6 saturated heterocycles. The van der Waals surface area contributed by atoms with E-state index in [4.69, 9.17) is 88.4 Å². The number of aromatic nitrogens is 8. The van der Waals surface area contributed by atoms with E-state index in [2.05, 4.69) is 30.1 Å². The molecule has 24 atom stereocenters. The first-order valence-electron chi connectivity index (χ1n) is 41.7. The summed E-state index contributed by atoms with van der Waals surface area (Å²) in [6, 6.07) is 28.9. The molecule has 4 aromatic heterocycles. The molecule has 128 heavy (non-hydrogen) atoms. The average Bonchev–Trinajstić information content (AvgIpc) is 1.56. The first kappa shape index (κ1) is 99.0. The number of nitrogens with two attached hydrogens (primary N) is 4. The number of benzene rings is 4. The lowest BCUT2D eigenvalue weighted by molar-refractivity contribution is -0.222. The number of esters is 2. The number of ether oxygens (including phenoxy) is 10. The molecule has 0 bridgehead atoms. The van der Waals surface area contributed by atoms with Crippen LogP contribution in [-0.2, 0) is 75.1 Å². The predicted molar refractivity (Wildman–Crippen MR) is 463 cm³/mol. The molecule has 44 heteroatoms. The average molecular weight is 1830 g/mol. The summed E-state index contributed by atoms with van der Waals surface area (Å²) in [4.78, 5) is 89.3. The van der Waals surface area contributed by atoms with Crippen LogP contribution in [-0.4, -0.2) is 213 Å². The van der Waals surface area contributed by atoms with Gasteiger partial charge >= 0.3 is 50.2 Å². The van der Waals surface area contributed by atoms with E-state index in [9.17, 15) is 68.5 Å². The number of nitrogens with zero attached hydrogens (tertiary/aromatic N) is 8. The predicted octanol–water partition coefficient (Wildman–Crippen LogP) is 5.83. The van der Waals surface area contributed by atoms with Gasteiger partial charge in [0.2, 0.25) is 0 Å². The summed E-state index contributed by atoms with van der Waals surface area (Å²) >= 11 is 0. The van der Waals surface area contributed by atoms with Crippen molar-refractivity contribution in [3.8, 4) is 11.5 Å². The molecule has 6 fully saturated rings. The number of carbonyl (C=O) groups is 2. The van der Waals surface area contributed by atoms with Gasteiger partial charge in [-0.2, -0.15) is 30.1 Å². The van der Waals surface area contributed by atoms with Crippen LogP contribution >= 0.6 is 15.5 Å². The fourth-order valence-electron chi connectivity index (χ4n) is 15.9. The largest absolute Gasteiger partial charge is 0.465 e. The molecular weight excluding hydrogens is 1710 g/mol. The summed E-state index contributed by atoms with van der Waals surface area (Å²) < 4.78 is 116. The minimum absolute atomic E-state index is 0.0253. The van der Waals surface area contributed by atoms with Crippen LogP contribution in [0, 0.1) is 0 Å². The van der Waals surface area contributed by atoms with Crippen molar-refractivity contribution in [3.05, 3.63) is 176 Å². The molecule has 16 N–H and O–H groups in total. The molecule has 14 rings (SSSR count). The van der Waals surface area contributed by atoms with Crippen molar-refractivity contribution in [1.82, 2.24) is 48.4 Å². The number of nitrogen functional groups attached to an aromatic ring is 4. The van der Waals surface area contributed by atoms with Gasteiger partial charge in [0.15, 0.2) is 36.5 Å². The molecule has 6 aliphatic heterocycles. The zero-order valence-electron chi connectivity index (χ0n) is 73.8. The standard InChI is InChI=1S/C31H41N4O9P.C28H37N4O9P.C14H21N3O5.C11H17N3O5/c1-7-8-18-39-27(36)19(2)34-45(38,43-23-15-11-13-21-12-9-10-14-22(21)23)42-20(3)25-26-31(6,44-30(4,5)41-26)28(40-25)35-17-16-24(32)33-29(35)37;1-5-6-16-38-25(34)17(2)31-42(37,41-21-13-9-11-19-10-7-8-12-20(19)21)40-18(3)23-24(33)28(4,36)26(39-23)32-15-14-22(29)30-27(32)35;1-7(18)9-10-14(4,22-13(2,3)21-10)11(20-9)17-6-5-8(15)16-12(17)19;1-5(15)7-8(16)11(2,18)9(19-7)14-4-3-6(12)13-10(14)17/h9-17,19-20,25-26,28H,7-8,18H2,1-6H3,(H,34,38)(H2,32,33,37);7-15,17-18,23-24,26,33,36H,5-6,16H2,1-4H3,(H,31,37)(H2,29,30,35);5-7,9-11,18H,1-4H3,(H2,15,16,19);3-5,7-9,15-16,18H,1-2H3,(H2,12,13,17)/t19-,20+,25+,26+,28+,31+,45?;17-,18+,23+,24+,26+,28+,42?;7-,9-,10-,11-,14-;5-,7-,8-,9-,11-/m0011/s1. The molecule has 42 nitrogen and oxygen atoms in total. The Hall–Kier alpha value is -9.60. The molecular formula is C84H116N14O28P2. The Labute approximate surface area is 736 Å². The number of anilines is 4. The number of hydrogen-bond donors (Lipinski definition) is 12. The number of aliphatic hydroxyl groups excluding tert-OH is 4. The third-order valence-electron chi connectivity index (χ3n) is 22.2. The van der Waals surface area contributed by atoms with Crippen molar-refractivity contribution in [2.75, 3.05) is 36.1 Å². The van der Waals surface area contributed by atoms with E-state index >= 15 is 0 Å². The summed E-state index contributed by atoms with van der Waals surface area (Å²) in [5.41, 5.74) is 13.7. The summed E-state index contributed by atoms with van der Waals surface area (Å²) in [6.07, 6.45) is -7.55. The van der Waals surface area contributed by atoms with E-state index in [1.807, 2.05) is 69.3 Å². The van der Waals surface area contributed by atoms with Crippen LogP contribution in [0.5, 0.6) is 11.5 Å². The van der Waals surface area contributed by atoms with Gasteiger partial charge in [0.1, 0.15) is 118 Å². The highest BCUT2D eigenvalue weighted by Crippen LogP contribution is 2.57. The highest BCUT2D eigenvalue weighted by Gasteiger charge is 2.68. The van der Waals surface area contributed by atoms with Gasteiger partial charge in [0, 0.05) is 35.6 Å². The van der Waals surface area contributed by atoms with Crippen molar-refractivity contribution in [2.24, 2.45) is 0 Å². The van der Waals surface area contributed by atoms with Gasteiger partial charge in [-0.1, -0.05) is 99.5 Å². The van der Waals surface area contributed by atoms with Crippen LogP contribution < -0.4 is 64.9 Å². The second kappa shape index (κ2) is 39.6. The van der Waals surface area contributed by atoms with Crippen LogP contribution in [0.2, 0.25) is 0 Å². The number of aliphatic hydroxyl groups is 6. The lowest BCUT2D eigenvalue weighted by Gasteiger charge is -2.31. The van der Waals surface area contributed by atoms with E-state index in [0.29, 0.717) is 29.4 Å². The second-order valence-electron chi connectivity index (χ2n) is 33.7. The van der Waals surface area contributed by atoms with Crippen LogP contribution in [0.1, 0.15) is 161 Å². The number of nitrogens with one attached hydrogen (secondary N) is 2. The quantitative estimate of drug-likeness (QED) is 0.0156. The van der Waals surface area contributed by atoms with Gasteiger partial charge in [-0.25, -0.2) is 28.3 Å². The fraction of sp³-hybridized carbons (Fsp3) is 0.548. The Morgan fingerprint density at radius 1 is 0.461 bits per heavy atom. The molecule has 4 aromatic carbocycles. The minimum atomic E-state index is -4.40. The summed E-state index contributed by atoms with van der Waals surface area (Å²) in [7, 11) is -8.73. The maximum atomic E-state index is 14.6. The number of rotatable bonds is 28. The van der Waals surface area contributed by atoms with Gasteiger partial charge < -0.3 is 110 Å². The van der Waals surface area contributed by atoms with Gasteiger partial charge in [0.25, 0.3) is 0 Å². The molecule has 700 valence electrons. The van der Waals surface area contributed by atoms with Crippen LogP contribution in [0.4, 0.5) is 23.3 Å². The molecule has 0 spiro atoms. The first-order valence-corrected chi connectivity index (χ1v) is 44.8. The van der Waals surface area contributed by atoms with Gasteiger partial charge in [0.05, 0.1) is 37.6 Å². The molecule has 0 amide bonds. The maximum absolute atomic E-state index is 14.6. The molecule has 0 saturated carbocycles. The zero-order chi connectivity index (χ0) is 93.9. The zero-order valence-corrected chi connectivity index (χ0v) is 75.6. The SMILES string of the molecule is CCCCOC(=O)[C@H](C)NP(=O)(Oc1cccc2ccccc12)O[C@H](C)[C@H]1O[C@@H](n2ccc(N)nc2=O)[C@](C)(O)[C@@H]1O.CCCCOC(=O)[C@H](C)NP(=O)(Oc1cccc2ccccc12)O[C@H](C)[C@H]1O[C@@H](n2ccc(N)nc2=O)[C@]2(C)OC(C)(C)O[C@H]12.C[C@@H](O)[C@H]1O[C@@H](n2ccc(N)nc2=O)[C@](C)(O)[C@@H]1O.C[C@@H](O)[C@H]1O[C@@H](n2ccc(N)nc2=O)[C@]2(C)OC(C)(C)O[C@H]12. The van der Waals surface area contributed by atoms with Gasteiger partial charge in [-0.05, 0) is 157 Å². The molecule has 0 aliphatic carbocycles. The summed E-state index contributed by atoms with van der Waals surface area (Å²) in [5, 5.41) is 70.3. The number of hydrogen-bond acceptors (Lipinski definition) is 36. The van der Waals surface area contributed by atoms with Crippen molar-refractivity contribution < 1.29 is 115 Å². The van der Waals surface area contributed by atoms with Gasteiger partial charge in [-0.3, -0.25) is 36.9 Å².